The smallest absolute Gasteiger partial charge is 0.334 e. The molecule has 1 N–H and O–H groups in total. The van der Waals surface area contributed by atoms with Gasteiger partial charge < -0.3 is 19.5 Å². The monoisotopic (exact) mass is 321 g/mol. The van der Waals surface area contributed by atoms with Crippen LogP contribution in [0.3, 0.4) is 0 Å². The molecule has 2 atom stereocenters. The Bertz CT molecular complexity index is 585. The Balaban J connectivity index is 2.55. The Morgan fingerprint density at radius 2 is 1.87 bits per heavy atom. The normalized spacial score (nSPS) is 27.1. The van der Waals surface area contributed by atoms with Crippen molar-refractivity contribution in [2.75, 3.05) is 20.8 Å². The quantitative estimate of drug-likeness (QED) is 0.856. The van der Waals surface area contributed by atoms with Gasteiger partial charge in [-0.1, -0.05) is 12.1 Å². The van der Waals surface area contributed by atoms with E-state index in [9.17, 15) is 9.59 Å². The molecule has 0 spiro atoms. The predicted octanol–water partition coefficient (Wildman–Crippen LogP) is 1.77. The highest BCUT2D eigenvalue weighted by molar-refractivity contribution is 5.89. The van der Waals surface area contributed by atoms with Crippen LogP contribution in [-0.4, -0.2) is 38.2 Å². The molecule has 1 heterocycles. The fourth-order valence-corrected chi connectivity index (χ4v) is 3.22. The van der Waals surface area contributed by atoms with E-state index in [0.29, 0.717) is 25.2 Å². The summed E-state index contributed by atoms with van der Waals surface area (Å²) in [7, 11) is 2.90. The number of amides is 1. The van der Waals surface area contributed by atoms with E-state index >= 15 is 0 Å². The fourth-order valence-electron chi connectivity index (χ4n) is 3.22. The van der Waals surface area contributed by atoms with Gasteiger partial charge in [-0.15, -0.1) is 0 Å². The zero-order valence-corrected chi connectivity index (χ0v) is 14.0. The summed E-state index contributed by atoms with van der Waals surface area (Å²) >= 11 is 0. The summed E-state index contributed by atoms with van der Waals surface area (Å²) in [6.45, 7) is 3.69. The second-order valence-electron chi connectivity index (χ2n) is 5.79. The van der Waals surface area contributed by atoms with E-state index in [-0.39, 0.29) is 5.91 Å². The average molecular weight is 321 g/mol. The van der Waals surface area contributed by atoms with Gasteiger partial charge >= 0.3 is 5.97 Å². The van der Waals surface area contributed by atoms with Gasteiger partial charge in [-0.3, -0.25) is 4.79 Å². The van der Waals surface area contributed by atoms with Gasteiger partial charge in [0.05, 0.1) is 14.2 Å². The first-order valence-corrected chi connectivity index (χ1v) is 7.55. The number of ether oxygens (including phenoxy) is 3. The molecule has 6 heteroatoms. The predicted molar refractivity (Wildman–Crippen MR) is 84.1 cm³/mol. The summed E-state index contributed by atoms with van der Waals surface area (Å²) in [6, 6.07) is 7.27. The fraction of sp³-hybridized carbons (Fsp3) is 0.529. The van der Waals surface area contributed by atoms with Crippen LogP contribution in [0, 0.1) is 0 Å². The van der Waals surface area contributed by atoms with Crippen molar-refractivity contribution in [3.63, 3.8) is 0 Å². The Kier molecular flexibility index (Phi) is 4.94. The molecule has 23 heavy (non-hydrogen) atoms. The molecule has 0 bridgehead atoms. The highest BCUT2D eigenvalue weighted by Gasteiger charge is 2.59. The molecule has 1 aromatic rings. The number of hydrogen-bond acceptors (Lipinski definition) is 5. The molecule has 0 radical (unpaired) electrons. The minimum atomic E-state index is -1.26. The lowest BCUT2D eigenvalue weighted by Gasteiger charge is -2.49. The Morgan fingerprint density at radius 1 is 1.22 bits per heavy atom. The average Bonchev–Trinajstić information content (AvgIpc) is 2.56. The maximum Gasteiger partial charge on any atom is 0.334 e. The molecular formula is C17H23NO5. The molecule has 1 aliphatic rings. The Morgan fingerprint density at radius 3 is 2.39 bits per heavy atom. The number of carbonyl (C=O) groups is 2. The molecule has 1 aromatic carbocycles. The van der Waals surface area contributed by atoms with E-state index in [0.717, 1.165) is 5.56 Å². The lowest BCUT2D eigenvalue weighted by Crippen LogP contribution is -2.68. The lowest BCUT2D eigenvalue weighted by molar-refractivity contribution is -0.184. The number of rotatable bonds is 4. The summed E-state index contributed by atoms with van der Waals surface area (Å²) in [5.41, 5.74) is -1.52. The number of hydrogen-bond donors (Lipinski definition) is 1. The molecule has 0 aromatic heterocycles. The van der Waals surface area contributed by atoms with Crippen molar-refractivity contribution in [2.45, 2.75) is 37.8 Å². The van der Waals surface area contributed by atoms with Gasteiger partial charge in [-0.2, -0.15) is 0 Å². The van der Waals surface area contributed by atoms with Crippen molar-refractivity contribution in [2.24, 2.45) is 0 Å². The standard InChI is InChI=1S/C17H23NO5/c1-12(19)18-17(15(20)22-4)10-5-11-23-16(17,2)13-6-8-14(21-3)9-7-13/h6-9H,5,10-11H2,1-4H3,(H,18,19). The van der Waals surface area contributed by atoms with E-state index in [1.807, 2.05) is 12.1 Å². The van der Waals surface area contributed by atoms with Crippen LogP contribution in [0.5, 0.6) is 5.75 Å². The van der Waals surface area contributed by atoms with E-state index in [4.69, 9.17) is 14.2 Å². The van der Waals surface area contributed by atoms with Crippen LogP contribution in [0.4, 0.5) is 0 Å². The SMILES string of the molecule is COC(=O)C1(NC(C)=O)CCCOC1(C)c1ccc(OC)cc1. The maximum absolute atomic E-state index is 12.6. The molecule has 126 valence electrons. The van der Waals surface area contributed by atoms with Crippen LogP contribution in [0.1, 0.15) is 32.3 Å². The van der Waals surface area contributed by atoms with Gasteiger partial charge in [-0.05, 0) is 37.5 Å². The summed E-state index contributed by atoms with van der Waals surface area (Å²) < 4.78 is 16.2. The second kappa shape index (κ2) is 6.58. The van der Waals surface area contributed by atoms with Crippen molar-refractivity contribution < 1.29 is 23.8 Å². The van der Waals surface area contributed by atoms with E-state index in [2.05, 4.69) is 5.32 Å². The topological polar surface area (TPSA) is 73.9 Å². The second-order valence-corrected chi connectivity index (χ2v) is 5.79. The van der Waals surface area contributed by atoms with Crippen molar-refractivity contribution in [3.05, 3.63) is 29.8 Å². The molecule has 2 unspecified atom stereocenters. The van der Waals surface area contributed by atoms with Gasteiger partial charge in [-0.25, -0.2) is 4.79 Å². The zero-order chi connectivity index (χ0) is 17.1. The Hall–Kier alpha value is -2.08. The van der Waals surface area contributed by atoms with Crippen molar-refractivity contribution in [3.8, 4) is 5.75 Å². The molecule has 2 rings (SSSR count). The van der Waals surface area contributed by atoms with Crippen LogP contribution in [0.25, 0.3) is 0 Å². The third kappa shape index (κ3) is 2.91. The highest BCUT2D eigenvalue weighted by atomic mass is 16.5. The maximum atomic E-state index is 12.6. The summed E-state index contributed by atoms with van der Waals surface area (Å²) in [5, 5.41) is 2.79. The minimum absolute atomic E-state index is 0.305. The first-order valence-electron chi connectivity index (χ1n) is 7.55. The van der Waals surface area contributed by atoms with Gasteiger partial charge in [0, 0.05) is 13.5 Å². The first-order chi connectivity index (χ1) is 10.9. The molecule has 1 amide bonds. The van der Waals surface area contributed by atoms with Gasteiger partial charge in [0.25, 0.3) is 0 Å². The van der Waals surface area contributed by atoms with Gasteiger partial charge in [0.2, 0.25) is 5.91 Å². The third-order valence-corrected chi connectivity index (χ3v) is 4.47. The molecule has 6 nitrogen and oxygen atoms in total. The van der Waals surface area contributed by atoms with Crippen LogP contribution in [0.15, 0.2) is 24.3 Å². The number of carbonyl (C=O) groups excluding carboxylic acids is 2. The number of nitrogens with one attached hydrogen (secondary N) is 1. The minimum Gasteiger partial charge on any atom is -0.497 e. The largest absolute Gasteiger partial charge is 0.497 e. The third-order valence-electron chi connectivity index (χ3n) is 4.47. The molecule has 0 aliphatic carbocycles. The highest BCUT2D eigenvalue weighted by Crippen LogP contribution is 2.44. The number of methoxy groups -OCH3 is 2. The van der Waals surface area contributed by atoms with Gasteiger partial charge in [0.1, 0.15) is 11.4 Å². The lowest BCUT2D eigenvalue weighted by atomic mass is 9.71. The van der Waals surface area contributed by atoms with E-state index in [1.54, 1.807) is 26.2 Å². The molecule has 0 saturated carbocycles. The summed E-state index contributed by atoms with van der Waals surface area (Å²) in [5.74, 6) is -0.109. The number of benzene rings is 1. The van der Waals surface area contributed by atoms with Crippen LogP contribution in [0.2, 0.25) is 0 Å². The number of esters is 1. The Labute approximate surface area is 136 Å². The van der Waals surface area contributed by atoms with Crippen LogP contribution >= 0.6 is 0 Å². The van der Waals surface area contributed by atoms with Crippen molar-refractivity contribution >= 4 is 11.9 Å². The van der Waals surface area contributed by atoms with E-state index in [1.165, 1.54) is 14.0 Å². The zero-order valence-electron chi connectivity index (χ0n) is 14.0. The molecular weight excluding hydrogens is 298 g/mol. The summed E-state index contributed by atoms with van der Waals surface area (Å²) in [6.07, 6.45) is 1.10. The van der Waals surface area contributed by atoms with Crippen molar-refractivity contribution in [1.82, 2.24) is 5.32 Å². The molecule has 1 fully saturated rings. The van der Waals surface area contributed by atoms with E-state index < -0.39 is 17.1 Å². The van der Waals surface area contributed by atoms with Crippen molar-refractivity contribution in [1.29, 1.82) is 0 Å². The molecule has 1 aliphatic heterocycles. The van der Waals surface area contributed by atoms with Gasteiger partial charge in [0.15, 0.2) is 5.54 Å². The van der Waals surface area contributed by atoms with Crippen LogP contribution in [-0.2, 0) is 24.7 Å². The molecule has 1 saturated heterocycles. The summed E-state index contributed by atoms with van der Waals surface area (Å²) in [4.78, 5) is 24.4. The first kappa shape index (κ1) is 17.3. The van der Waals surface area contributed by atoms with Crippen LogP contribution < -0.4 is 10.1 Å².